The molecular formula is C15H18N2O2S. The number of nitrogens with one attached hydrogen (secondary N) is 1. The maximum absolute atomic E-state index is 12.4. The van der Waals surface area contributed by atoms with Crippen LogP contribution in [0.1, 0.15) is 43.1 Å². The van der Waals surface area contributed by atoms with Crippen LogP contribution in [0.25, 0.3) is 10.6 Å². The molecule has 5 heteroatoms. The Balaban J connectivity index is 1.76. The molecule has 1 amide bonds. The van der Waals surface area contributed by atoms with Gasteiger partial charge < -0.3 is 9.73 Å². The molecule has 4 nitrogen and oxygen atoms in total. The van der Waals surface area contributed by atoms with E-state index < -0.39 is 0 Å². The zero-order valence-corrected chi connectivity index (χ0v) is 12.3. The van der Waals surface area contributed by atoms with Crippen molar-refractivity contribution < 1.29 is 9.21 Å². The minimum atomic E-state index is -0.124. The lowest BCUT2D eigenvalue weighted by molar-refractivity contribution is 0.0906. The number of oxazole rings is 1. The highest BCUT2D eigenvalue weighted by atomic mass is 32.1. The van der Waals surface area contributed by atoms with Crippen LogP contribution in [-0.4, -0.2) is 16.9 Å². The summed E-state index contributed by atoms with van der Waals surface area (Å²) < 4.78 is 5.38. The zero-order valence-electron chi connectivity index (χ0n) is 11.5. The summed E-state index contributed by atoms with van der Waals surface area (Å²) in [7, 11) is 0. The molecule has 0 aliphatic heterocycles. The molecule has 0 unspecified atom stereocenters. The largest absolute Gasteiger partial charge is 0.442 e. The molecule has 1 fully saturated rings. The molecule has 0 bridgehead atoms. The van der Waals surface area contributed by atoms with Gasteiger partial charge >= 0.3 is 0 Å². The standard InChI is InChI=1S/C15H18N2O2S/c1-10-5-2-3-6-11(10)17-15(18)13-14(19-9-16-13)12-7-4-8-20-12/h4,7-11H,2-3,5-6H2,1H3,(H,17,18)/t10-,11+/m1/s1. The molecule has 2 heterocycles. The van der Waals surface area contributed by atoms with Gasteiger partial charge in [-0.1, -0.05) is 25.8 Å². The van der Waals surface area contributed by atoms with E-state index in [1.54, 1.807) is 11.3 Å². The highest BCUT2D eigenvalue weighted by Crippen LogP contribution is 2.28. The lowest BCUT2D eigenvalue weighted by Gasteiger charge is -2.29. The predicted molar refractivity (Wildman–Crippen MR) is 78.7 cm³/mol. The Morgan fingerprint density at radius 3 is 3.05 bits per heavy atom. The van der Waals surface area contributed by atoms with Gasteiger partial charge in [0.05, 0.1) is 4.88 Å². The van der Waals surface area contributed by atoms with Crippen molar-refractivity contribution in [2.75, 3.05) is 0 Å². The zero-order chi connectivity index (χ0) is 13.9. The third-order valence-corrected chi connectivity index (χ3v) is 4.82. The highest BCUT2D eigenvalue weighted by Gasteiger charge is 2.26. The summed E-state index contributed by atoms with van der Waals surface area (Å²) in [5.41, 5.74) is 0.394. The molecule has 0 radical (unpaired) electrons. The summed E-state index contributed by atoms with van der Waals surface area (Å²) in [5, 5.41) is 5.08. The number of amides is 1. The number of rotatable bonds is 3. The van der Waals surface area contributed by atoms with Crippen LogP contribution in [0.15, 0.2) is 28.3 Å². The first-order valence-corrected chi connectivity index (χ1v) is 7.92. The highest BCUT2D eigenvalue weighted by molar-refractivity contribution is 7.13. The van der Waals surface area contributed by atoms with Gasteiger partial charge in [0, 0.05) is 6.04 Å². The first-order chi connectivity index (χ1) is 9.75. The fourth-order valence-corrected chi connectivity index (χ4v) is 3.47. The Hall–Kier alpha value is -1.62. The minimum Gasteiger partial charge on any atom is -0.442 e. The maximum Gasteiger partial charge on any atom is 0.274 e. The van der Waals surface area contributed by atoms with E-state index in [1.807, 2.05) is 17.5 Å². The van der Waals surface area contributed by atoms with Crippen molar-refractivity contribution in [3.05, 3.63) is 29.6 Å². The van der Waals surface area contributed by atoms with Gasteiger partial charge in [-0.2, -0.15) is 0 Å². The van der Waals surface area contributed by atoms with Crippen LogP contribution in [-0.2, 0) is 0 Å². The van der Waals surface area contributed by atoms with Gasteiger partial charge in [0.1, 0.15) is 0 Å². The topological polar surface area (TPSA) is 55.1 Å². The van der Waals surface area contributed by atoms with Crippen molar-refractivity contribution in [1.82, 2.24) is 10.3 Å². The first kappa shape index (κ1) is 13.4. The number of carbonyl (C=O) groups is 1. The fraction of sp³-hybridized carbons (Fsp3) is 0.467. The number of aromatic nitrogens is 1. The summed E-state index contributed by atoms with van der Waals surface area (Å²) >= 11 is 1.55. The predicted octanol–water partition coefficient (Wildman–Crippen LogP) is 3.71. The molecule has 2 aromatic heterocycles. The van der Waals surface area contributed by atoms with Crippen molar-refractivity contribution >= 4 is 17.2 Å². The van der Waals surface area contributed by atoms with Gasteiger partial charge in [-0.05, 0) is 30.2 Å². The normalized spacial score (nSPS) is 22.6. The Kier molecular flexibility index (Phi) is 3.87. The van der Waals surface area contributed by atoms with E-state index in [2.05, 4.69) is 17.2 Å². The van der Waals surface area contributed by atoms with Crippen molar-refractivity contribution in [2.24, 2.45) is 5.92 Å². The number of thiophene rings is 1. The molecule has 0 spiro atoms. The molecule has 0 saturated heterocycles. The van der Waals surface area contributed by atoms with Crippen molar-refractivity contribution in [3.63, 3.8) is 0 Å². The molecule has 1 aliphatic rings. The van der Waals surface area contributed by atoms with E-state index in [4.69, 9.17) is 4.42 Å². The van der Waals surface area contributed by atoms with Gasteiger partial charge in [-0.25, -0.2) is 4.98 Å². The summed E-state index contributed by atoms with van der Waals surface area (Å²) in [5.74, 6) is 0.978. The van der Waals surface area contributed by atoms with E-state index in [1.165, 1.54) is 25.7 Å². The molecule has 1 saturated carbocycles. The summed E-state index contributed by atoms with van der Waals surface area (Å²) in [6.45, 7) is 2.20. The van der Waals surface area contributed by atoms with Crippen LogP contribution in [0.4, 0.5) is 0 Å². The van der Waals surface area contributed by atoms with E-state index >= 15 is 0 Å². The van der Waals surface area contributed by atoms with E-state index in [0.29, 0.717) is 17.4 Å². The lowest BCUT2D eigenvalue weighted by atomic mass is 9.86. The first-order valence-electron chi connectivity index (χ1n) is 7.04. The maximum atomic E-state index is 12.4. The average Bonchev–Trinajstić information content (AvgIpc) is 3.11. The second kappa shape index (κ2) is 5.79. The van der Waals surface area contributed by atoms with Crippen molar-refractivity contribution in [1.29, 1.82) is 0 Å². The Morgan fingerprint density at radius 1 is 1.45 bits per heavy atom. The molecule has 0 aromatic carbocycles. The van der Waals surface area contributed by atoms with Crippen molar-refractivity contribution in [2.45, 2.75) is 38.6 Å². The van der Waals surface area contributed by atoms with Crippen LogP contribution < -0.4 is 5.32 Å². The Morgan fingerprint density at radius 2 is 2.30 bits per heavy atom. The van der Waals surface area contributed by atoms with E-state index in [9.17, 15) is 4.79 Å². The average molecular weight is 290 g/mol. The van der Waals surface area contributed by atoms with Crippen LogP contribution in [0, 0.1) is 5.92 Å². The Labute approximate surface area is 122 Å². The number of carbonyl (C=O) groups excluding carboxylic acids is 1. The lowest BCUT2D eigenvalue weighted by Crippen LogP contribution is -2.41. The van der Waals surface area contributed by atoms with Crippen LogP contribution in [0.3, 0.4) is 0 Å². The van der Waals surface area contributed by atoms with E-state index in [-0.39, 0.29) is 11.9 Å². The van der Waals surface area contributed by atoms with E-state index in [0.717, 1.165) is 11.3 Å². The van der Waals surface area contributed by atoms with Crippen LogP contribution >= 0.6 is 11.3 Å². The molecular weight excluding hydrogens is 272 g/mol. The summed E-state index contributed by atoms with van der Waals surface area (Å²) in [6, 6.07) is 4.13. The molecule has 20 heavy (non-hydrogen) atoms. The number of nitrogens with zero attached hydrogens (tertiary/aromatic N) is 1. The van der Waals surface area contributed by atoms with Gasteiger partial charge in [0.2, 0.25) is 0 Å². The van der Waals surface area contributed by atoms with Crippen molar-refractivity contribution in [3.8, 4) is 10.6 Å². The Bertz CT molecular complexity index is 576. The number of hydrogen-bond donors (Lipinski definition) is 1. The molecule has 2 atom stereocenters. The minimum absolute atomic E-state index is 0.124. The van der Waals surface area contributed by atoms with Gasteiger partial charge in [-0.15, -0.1) is 11.3 Å². The van der Waals surface area contributed by atoms with Gasteiger partial charge in [0.15, 0.2) is 17.8 Å². The molecule has 2 aromatic rings. The molecule has 3 rings (SSSR count). The summed E-state index contributed by atoms with van der Waals surface area (Å²) in [4.78, 5) is 17.4. The fourth-order valence-electron chi connectivity index (χ4n) is 2.76. The second-order valence-corrected chi connectivity index (χ2v) is 6.30. The smallest absolute Gasteiger partial charge is 0.274 e. The van der Waals surface area contributed by atoms with Crippen LogP contribution in [0.5, 0.6) is 0 Å². The number of hydrogen-bond acceptors (Lipinski definition) is 4. The quantitative estimate of drug-likeness (QED) is 0.937. The summed E-state index contributed by atoms with van der Waals surface area (Å²) in [6.07, 6.45) is 6.03. The van der Waals surface area contributed by atoms with Gasteiger partial charge in [0.25, 0.3) is 5.91 Å². The second-order valence-electron chi connectivity index (χ2n) is 5.35. The van der Waals surface area contributed by atoms with Gasteiger partial charge in [-0.3, -0.25) is 4.79 Å². The third-order valence-electron chi connectivity index (χ3n) is 3.96. The third kappa shape index (κ3) is 2.63. The molecule has 1 N–H and O–H groups in total. The molecule has 106 valence electrons. The molecule has 1 aliphatic carbocycles. The van der Waals surface area contributed by atoms with Crippen LogP contribution in [0.2, 0.25) is 0 Å². The SMILES string of the molecule is C[C@@H]1CCCC[C@@H]1NC(=O)c1ncoc1-c1cccs1. The monoisotopic (exact) mass is 290 g/mol.